The summed E-state index contributed by atoms with van der Waals surface area (Å²) in [5, 5.41) is 2.75. The number of ether oxygens (including phenoxy) is 1. The first-order valence-electron chi connectivity index (χ1n) is 7.31. The molecule has 0 aromatic heterocycles. The molecule has 1 heterocycles. The number of carbonyl (C=O) groups is 2. The summed E-state index contributed by atoms with van der Waals surface area (Å²) in [7, 11) is 1.74. The smallest absolute Gasteiger partial charge is 0.265 e. The van der Waals surface area contributed by atoms with Gasteiger partial charge in [0.1, 0.15) is 0 Å². The Morgan fingerprint density at radius 3 is 2.77 bits per heavy atom. The number of anilines is 1. The van der Waals surface area contributed by atoms with Crippen LogP contribution >= 0.6 is 0 Å². The van der Waals surface area contributed by atoms with E-state index in [1.807, 2.05) is 13.8 Å². The lowest BCUT2D eigenvalue weighted by Gasteiger charge is -2.30. The molecule has 0 saturated carbocycles. The molecule has 1 atom stereocenters. The largest absolute Gasteiger partial charge is 0.478 e. The van der Waals surface area contributed by atoms with Crippen LogP contribution in [0.25, 0.3) is 0 Å². The number of nitrogens with one attached hydrogen (secondary N) is 1. The van der Waals surface area contributed by atoms with Crippen molar-refractivity contribution < 1.29 is 14.3 Å². The Kier molecular flexibility index (Phi) is 4.42. The van der Waals surface area contributed by atoms with Crippen LogP contribution in [0.2, 0.25) is 0 Å². The monoisotopic (exact) mass is 305 g/mol. The molecule has 0 radical (unpaired) electrons. The average Bonchev–Trinajstić information content (AvgIpc) is 2.46. The number of hydrogen-bond donors (Lipinski definition) is 2. The van der Waals surface area contributed by atoms with E-state index in [0.29, 0.717) is 30.1 Å². The Balaban J connectivity index is 2.28. The second-order valence-electron chi connectivity index (χ2n) is 6.46. The lowest BCUT2D eigenvalue weighted by atomic mass is 9.93. The lowest BCUT2D eigenvalue weighted by molar-refractivity contribution is -0.122. The Bertz CT molecular complexity index is 598. The number of rotatable bonds is 4. The molecule has 22 heavy (non-hydrogen) atoms. The molecule has 1 aromatic rings. The summed E-state index contributed by atoms with van der Waals surface area (Å²) < 4.78 is 5.62. The molecular weight excluding hydrogens is 282 g/mol. The Hall–Kier alpha value is -2.08. The highest BCUT2D eigenvalue weighted by Crippen LogP contribution is 2.34. The van der Waals surface area contributed by atoms with Gasteiger partial charge in [0, 0.05) is 13.6 Å². The van der Waals surface area contributed by atoms with Crippen LogP contribution < -0.4 is 15.8 Å². The molecule has 6 nitrogen and oxygen atoms in total. The van der Waals surface area contributed by atoms with E-state index >= 15 is 0 Å². The maximum atomic E-state index is 12.7. The number of nitrogens with zero attached hydrogens (tertiary/aromatic N) is 1. The molecule has 2 rings (SSSR count). The molecule has 120 valence electrons. The van der Waals surface area contributed by atoms with Gasteiger partial charge in [-0.3, -0.25) is 9.59 Å². The predicted octanol–water partition coefficient (Wildman–Crippen LogP) is 1.46. The van der Waals surface area contributed by atoms with Gasteiger partial charge in [-0.25, -0.2) is 0 Å². The van der Waals surface area contributed by atoms with E-state index in [0.717, 1.165) is 0 Å². The van der Waals surface area contributed by atoms with Crippen molar-refractivity contribution in [2.24, 2.45) is 11.1 Å². The van der Waals surface area contributed by atoms with Crippen LogP contribution in [0, 0.1) is 5.41 Å². The predicted molar refractivity (Wildman–Crippen MR) is 85.0 cm³/mol. The minimum atomic E-state index is -0.618. The first-order chi connectivity index (χ1) is 10.2. The maximum Gasteiger partial charge on any atom is 0.265 e. The Morgan fingerprint density at radius 1 is 1.45 bits per heavy atom. The van der Waals surface area contributed by atoms with Gasteiger partial charge in [0.05, 0.1) is 11.3 Å². The van der Waals surface area contributed by atoms with Crippen LogP contribution in [0.5, 0.6) is 5.75 Å². The van der Waals surface area contributed by atoms with Gasteiger partial charge >= 0.3 is 0 Å². The van der Waals surface area contributed by atoms with Gasteiger partial charge in [-0.05, 0) is 31.0 Å². The molecule has 0 saturated heterocycles. The van der Waals surface area contributed by atoms with E-state index in [2.05, 4.69) is 5.32 Å². The summed E-state index contributed by atoms with van der Waals surface area (Å²) >= 11 is 0. The first-order valence-corrected chi connectivity index (χ1v) is 7.31. The maximum absolute atomic E-state index is 12.7. The van der Waals surface area contributed by atoms with Crippen molar-refractivity contribution >= 4 is 17.5 Å². The summed E-state index contributed by atoms with van der Waals surface area (Å²) in [6, 6.07) is 5.16. The van der Waals surface area contributed by atoms with Gasteiger partial charge in [-0.2, -0.15) is 0 Å². The van der Waals surface area contributed by atoms with Crippen LogP contribution in [-0.2, 0) is 4.79 Å². The van der Waals surface area contributed by atoms with Crippen LogP contribution in [0.3, 0.4) is 0 Å². The van der Waals surface area contributed by atoms with Crippen LogP contribution in [0.4, 0.5) is 5.69 Å². The van der Waals surface area contributed by atoms with Gasteiger partial charge < -0.3 is 20.7 Å². The highest BCUT2D eigenvalue weighted by molar-refractivity contribution is 6.03. The standard InChI is InChI=1S/C16H23N3O3/c1-10-14(20)18-12-7-5-6-11(13(12)22-10)15(21)19(4)9-16(2,3)8-17/h5-7,10H,8-9,17H2,1-4H3,(H,18,20). The van der Waals surface area contributed by atoms with E-state index < -0.39 is 6.10 Å². The molecule has 1 aliphatic rings. The van der Waals surface area contributed by atoms with Gasteiger partial charge in [0.15, 0.2) is 11.9 Å². The molecule has 2 amide bonds. The molecule has 0 spiro atoms. The second kappa shape index (κ2) is 5.96. The fourth-order valence-electron chi connectivity index (χ4n) is 2.38. The molecule has 3 N–H and O–H groups in total. The summed E-state index contributed by atoms with van der Waals surface area (Å²) in [6.45, 7) is 6.70. The van der Waals surface area contributed by atoms with Crippen LogP contribution in [-0.4, -0.2) is 43.0 Å². The first kappa shape index (κ1) is 16.3. The van der Waals surface area contributed by atoms with Crippen LogP contribution in [0.15, 0.2) is 18.2 Å². The fraction of sp³-hybridized carbons (Fsp3) is 0.500. The van der Waals surface area contributed by atoms with Gasteiger partial charge in [0.25, 0.3) is 11.8 Å². The van der Waals surface area contributed by atoms with Crippen molar-refractivity contribution in [3.63, 3.8) is 0 Å². The quantitative estimate of drug-likeness (QED) is 0.882. The topological polar surface area (TPSA) is 84.7 Å². The van der Waals surface area contributed by atoms with Crippen molar-refractivity contribution in [1.82, 2.24) is 4.90 Å². The minimum Gasteiger partial charge on any atom is -0.478 e. The minimum absolute atomic E-state index is 0.151. The number of benzene rings is 1. The van der Waals surface area contributed by atoms with Crippen molar-refractivity contribution in [2.45, 2.75) is 26.9 Å². The van der Waals surface area contributed by atoms with Crippen molar-refractivity contribution in [3.8, 4) is 5.75 Å². The van der Waals surface area contributed by atoms with Gasteiger partial charge in [-0.15, -0.1) is 0 Å². The summed E-state index contributed by atoms with van der Waals surface area (Å²) in [5.74, 6) is 0.0634. The number of amides is 2. The summed E-state index contributed by atoms with van der Waals surface area (Å²) in [4.78, 5) is 26.0. The van der Waals surface area contributed by atoms with Gasteiger partial charge in [0.2, 0.25) is 0 Å². The fourth-order valence-corrected chi connectivity index (χ4v) is 2.38. The zero-order valence-electron chi connectivity index (χ0n) is 13.5. The molecule has 6 heteroatoms. The normalized spacial score (nSPS) is 17.3. The number of carbonyl (C=O) groups excluding carboxylic acids is 2. The third-order valence-electron chi connectivity index (χ3n) is 3.73. The van der Waals surface area contributed by atoms with Crippen molar-refractivity contribution in [2.75, 3.05) is 25.5 Å². The van der Waals surface area contributed by atoms with E-state index in [9.17, 15) is 9.59 Å². The van der Waals surface area contributed by atoms with Crippen molar-refractivity contribution in [1.29, 1.82) is 0 Å². The van der Waals surface area contributed by atoms with Gasteiger partial charge in [-0.1, -0.05) is 19.9 Å². The Labute approximate surface area is 130 Å². The van der Waals surface area contributed by atoms with E-state index in [4.69, 9.17) is 10.5 Å². The average molecular weight is 305 g/mol. The van der Waals surface area contributed by atoms with E-state index in [1.165, 1.54) is 0 Å². The highest BCUT2D eigenvalue weighted by atomic mass is 16.5. The number of para-hydroxylation sites is 1. The molecular formula is C16H23N3O3. The van der Waals surface area contributed by atoms with Crippen LogP contribution in [0.1, 0.15) is 31.1 Å². The SMILES string of the molecule is CC1Oc2c(cccc2C(=O)N(C)CC(C)(C)CN)NC1=O. The highest BCUT2D eigenvalue weighted by Gasteiger charge is 2.29. The molecule has 0 aliphatic carbocycles. The zero-order valence-corrected chi connectivity index (χ0v) is 13.5. The third-order valence-corrected chi connectivity index (χ3v) is 3.73. The Morgan fingerprint density at radius 2 is 2.14 bits per heavy atom. The summed E-state index contributed by atoms with van der Waals surface area (Å²) in [6.07, 6.45) is -0.618. The zero-order chi connectivity index (χ0) is 16.5. The lowest BCUT2D eigenvalue weighted by Crippen LogP contribution is -2.40. The number of nitrogens with two attached hydrogens (primary N) is 1. The second-order valence-corrected chi connectivity index (χ2v) is 6.46. The van der Waals surface area contributed by atoms with E-state index in [-0.39, 0.29) is 17.2 Å². The molecule has 0 fully saturated rings. The van der Waals surface area contributed by atoms with Crippen molar-refractivity contribution in [3.05, 3.63) is 23.8 Å². The number of hydrogen-bond acceptors (Lipinski definition) is 4. The molecule has 1 aliphatic heterocycles. The number of fused-ring (bicyclic) bond motifs is 1. The summed E-state index contributed by atoms with van der Waals surface area (Å²) in [5.41, 5.74) is 6.53. The molecule has 1 aromatic carbocycles. The molecule has 0 bridgehead atoms. The van der Waals surface area contributed by atoms with E-state index in [1.54, 1.807) is 37.1 Å². The third kappa shape index (κ3) is 3.22. The molecule has 1 unspecified atom stereocenters.